The zero-order chi connectivity index (χ0) is 41.9. The molecule has 0 aliphatic carbocycles. The van der Waals surface area contributed by atoms with Gasteiger partial charge >= 0.3 is 0 Å². The van der Waals surface area contributed by atoms with Crippen LogP contribution in [-0.4, -0.2) is 29.1 Å². The molecule has 4 aromatic heterocycles. The summed E-state index contributed by atoms with van der Waals surface area (Å²) in [6, 6.07) is 68.8. The van der Waals surface area contributed by atoms with Gasteiger partial charge in [-0.1, -0.05) is 121 Å². The van der Waals surface area contributed by atoms with Crippen molar-refractivity contribution >= 4 is 97.7 Å². The molecule has 4 heterocycles. The van der Waals surface area contributed by atoms with Crippen LogP contribution in [0.1, 0.15) is 0 Å². The van der Waals surface area contributed by atoms with Crippen LogP contribution in [0.2, 0.25) is 0 Å². The molecule has 0 atom stereocenters. The highest BCUT2D eigenvalue weighted by Crippen LogP contribution is 2.44. The van der Waals surface area contributed by atoms with Gasteiger partial charge in [0, 0.05) is 78.0 Å². The van der Waals surface area contributed by atoms with Crippen molar-refractivity contribution in [3.05, 3.63) is 207 Å². The molecule has 0 unspecified atom stereocenters. The number of nitrogens with zero attached hydrogens (tertiary/aromatic N) is 6. The molecule has 0 spiro atoms. The van der Waals surface area contributed by atoms with E-state index < -0.39 is 0 Å². The van der Waals surface area contributed by atoms with Gasteiger partial charge in [-0.15, -0.1) is 0 Å². The molecular weight excluding hydrogens is 781 g/mol. The van der Waals surface area contributed by atoms with Crippen LogP contribution in [0, 0.1) is 0 Å². The predicted octanol–water partition coefficient (Wildman–Crippen LogP) is 14.6. The number of benzene rings is 10. The second-order valence-electron chi connectivity index (χ2n) is 16.6. The fraction of sp³-hybridized carbons (Fsp3) is 0. The number of aromatic nitrogens is 6. The summed E-state index contributed by atoms with van der Waals surface area (Å²) in [6.07, 6.45) is 4.04. The minimum Gasteiger partial charge on any atom is -0.309 e. The molecule has 0 radical (unpaired) electrons. The molecule has 296 valence electrons. The lowest BCUT2D eigenvalue weighted by molar-refractivity contribution is 1.18. The third kappa shape index (κ3) is 4.96. The molecular formula is C58H34N6. The van der Waals surface area contributed by atoms with Crippen molar-refractivity contribution < 1.29 is 0 Å². The number of rotatable bonds is 4. The molecule has 0 bridgehead atoms. The molecule has 10 aromatic carbocycles. The average molecular weight is 815 g/mol. The molecule has 0 saturated heterocycles. The second-order valence-corrected chi connectivity index (χ2v) is 16.6. The Morgan fingerprint density at radius 1 is 0.281 bits per heavy atom. The van der Waals surface area contributed by atoms with Gasteiger partial charge in [0.1, 0.15) is 11.0 Å². The van der Waals surface area contributed by atoms with E-state index in [9.17, 15) is 0 Å². The van der Waals surface area contributed by atoms with E-state index >= 15 is 0 Å². The van der Waals surface area contributed by atoms with E-state index in [0.29, 0.717) is 11.6 Å². The fourth-order valence-corrected chi connectivity index (χ4v) is 10.4. The summed E-state index contributed by atoms with van der Waals surface area (Å²) in [4.78, 5) is 21.4. The standard InChI is InChI=1S/C58H34N6/c1-3-15-37(16-4-1)63-49-25-13-11-21-41(49)45-31-35(27-29-51(45)63)57-59-33-47-53-43-23-9-7-19-39(43)40-20-8-10-24-44(40)54(53)48-34-60-58(62-56(48)55(47)61-57)36-28-30-52-46(32-36)42-22-12-14-26-50(42)64(52)38-17-5-2-6-18-38/h1-34H. The molecule has 0 aliphatic heterocycles. The Bertz CT molecular complexity index is 3970. The number of para-hydroxylation sites is 4. The zero-order valence-corrected chi connectivity index (χ0v) is 34.3. The van der Waals surface area contributed by atoms with E-state index in [1.807, 2.05) is 12.4 Å². The largest absolute Gasteiger partial charge is 0.309 e. The van der Waals surface area contributed by atoms with Crippen molar-refractivity contribution in [2.45, 2.75) is 0 Å². The minimum atomic E-state index is 0.645. The molecule has 14 rings (SSSR count). The third-order valence-corrected chi connectivity index (χ3v) is 13.2. The Kier molecular flexibility index (Phi) is 7.30. The zero-order valence-electron chi connectivity index (χ0n) is 34.3. The summed E-state index contributed by atoms with van der Waals surface area (Å²) < 4.78 is 4.67. The SMILES string of the molecule is c1ccc(-n2c3ccccc3c3cc(-c4ncc5c(n4)c4nc(-c6ccc7c(c6)c6ccccc6n7-c6ccccc6)ncc4c4c6ccccc6c6ccccc6c54)ccc32)cc1. The van der Waals surface area contributed by atoms with Crippen LogP contribution in [0.4, 0.5) is 0 Å². The molecule has 6 heteroatoms. The Morgan fingerprint density at radius 3 is 1.08 bits per heavy atom. The normalized spacial score (nSPS) is 12.1. The lowest BCUT2D eigenvalue weighted by Gasteiger charge is -2.16. The molecule has 14 aromatic rings. The summed E-state index contributed by atoms with van der Waals surface area (Å²) in [5, 5.41) is 13.5. The van der Waals surface area contributed by atoms with E-state index in [1.54, 1.807) is 0 Å². The van der Waals surface area contributed by atoms with E-state index in [4.69, 9.17) is 19.9 Å². The molecule has 0 N–H and O–H groups in total. The lowest BCUT2D eigenvalue weighted by atomic mass is 9.90. The van der Waals surface area contributed by atoms with Crippen LogP contribution in [0.25, 0.3) is 132 Å². The summed E-state index contributed by atoms with van der Waals surface area (Å²) in [5.41, 5.74) is 10.3. The Morgan fingerprint density at radius 2 is 0.641 bits per heavy atom. The van der Waals surface area contributed by atoms with Crippen molar-refractivity contribution in [2.75, 3.05) is 0 Å². The van der Waals surface area contributed by atoms with Crippen LogP contribution in [-0.2, 0) is 0 Å². The average Bonchev–Trinajstić information content (AvgIpc) is 3.88. The van der Waals surface area contributed by atoms with Gasteiger partial charge in [0.15, 0.2) is 11.6 Å². The molecule has 0 fully saturated rings. The summed E-state index contributed by atoms with van der Waals surface area (Å²) in [6.45, 7) is 0. The molecule has 64 heavy (non-hydrogen) atoms. The summed E-state index contributed by atoms with van der Waals surface area (Å²) >= 11 is 0. The maximum Gasteiger partial charge on any atom is 0.159 e. The van der Waals surface area contributed by atoms with E-state index in [1.165, 1.54) is 21.5 Å². The van der Waals surface area contributed by atoms with Gasteiger partial charge in [-0.2, -0.15) is 0 Å². The minimum absolute atomic E-state index is 0.645. The van der Waals surface area contributed by atoms with Crippen LogP contribution < -0.4 is 0 Å². The predicted molar refractivity (Wildman–Crippen MR) is 265 cm³/mol. The maximum atomic E-state index is 5.51. The molecule has 0 aliphatic rings. The van der Waals surface area contributed by atoms with Gasteiger partial charge in [0.05, 0.1) is 22.1 Å². The van der Waals surface area contributed by atoms with Gasteiger partial charge in [-0.05, 0) is 94.3 Å². The Balaban J connectivity index is 1.04. The van der Waals surface area contributed by atoms with Crippen molar-refractivity contribution in [1.82, 2.24) is 29.1 Å². The summed E-state index contributed by atoms with van der Waals surface area (Å²) in [7, 11) is 0. The fourth-order valence-electron chi connectivity index (χ4n) is 10.4. The first-order valence-electron chi connectivity index (χ1n) is 21.6. The molecule has 0 amide bonds. The summed E-state index contributed by atoms with van der Waals surface area (Å²) in [5.74, 6) is 1.29. The first-order valence-corrected chi connectivity index (χ1v) is 21.6. The van der Waals surface area contributed by atoms with Crippen molar-refractivity contribution in [3.8, 4) is 34.2 Å². The second kappa shape index (κ2) is 13.4. The third-order valence-electron chi connectivity index (χ3n) is 13.2. The number of hydrogen-bond acceptors (Lipinski definition) is 4. The van der Waals surface area contributed by atoms with E-state index in [-0.39, 0.29) is 0 Å². The maximum absolute atomic E-state index is 5.51. The quantitative estimate of drug-likeness (QED) is 0.166. The smallest absolute Gasteiger partial charge is 0.159 e. The lowest BCUT2D eigenvalue weighted by Crippen LogP contribution is -1.98. The first-order chi connectivity index (χ1) is 31.8. The van der Waals surface area contributed by atoms with Crippen LogP contribution in [0.3, 0.4) is 0 Å². The highest BCUT2D eigenvalue weighted by Gasteiger charge is 2.21. The topological polar surface area (TPSA) is 61.4 Å². The van der Waals surface area contributed by atoms with Gasteiger partial charge < -0.3 is 9.13 Å². The Labute approximate surface area is 366 Å². The number of fused-ring (bicyclic) bond motifs is 17. The van der Waals surface area contributed by atoms with Gasteiger partial charge in [0.2, 0.25) is 0 Å². The number of hydrogen-bond donors (Lipinski definition) is 0. The van der Waals surface area contributed by atoms with Crippen LogP contribution in [0.5, 0.6) is 0 Å². The van der Waals surface area contributed by atoms with E-state index in [0.717, 1.165) is 98.7 Å². The van der Waals surface area contributed by atoms with Crippen molar-refractivity contribution in [2.24, 2.45) is 0 Å². The van der Waals surface area contributed by atoms with E-state index in [2.05, 4.69) is 203 Å². The molecule has 6 nitrogen and oxygen atoms in total. The highest BCUT2D eigenvalue weighted by atomic mass is 15.0. The van der Waals surface area contributed by atoms with Gasteiger partial charge in [-0.25, -0.2) is 19.9 Å². The Hall–Kier alpha value is -8.74. The van der Waals surface area contributed by atoms with Gasteiger partial charge in [0.25, 0.3) is 0 Å². The van der Waals surface area contributed by atoms with Crippen molar-refractivity contribution in [3.63, 3.8) is 0 Å². The first kappa shape index (κ1) is 34.9. The molecule has 0 saturated carbocycles. The monoisotopic (exact) mass is 814 g/mol. The van der Waals surface area contributed by atoms with Crippen LogP contribution in [0.15, 0.2) is 207 Å². The van der Waals surface area contributed by atoms with Gasteiger partial charge in [-0.3, -0.25) is 0 Å². The van der Waals surface area contributed by atoms with Crippen LogP contribution >= 0.6 is 0 Å². The highest BCUT2D eigenvalue weighted by molar-refractivity contribution is 6.38. The van der Waals surface area contributed by atoms with Crippen molar-refractivity contribution in [1.29, 1.82) is 0 Å².